The molecule has 0 saturated heterocycles. The molecule has 0 radical (unpaired) electrons. The van der Waals surface area contributed by atoms with Gasteiger partial charge in [0.05, 0.1) is 10.5 Å². The summed E-state index contributed by atoms with van der Waals surface area (Å²) in [5.74, 6) is 0.516. The summed E-state index contributed by atoms with van der Waals surface area (Å²) >= 11 is 3.18. The number of H-pyrrole nitrogens is 1. The van der Waals surface area contributed by atoms with Crippen LogP contribution < -0.4 is 5.32 Å². The molecule has 2 aromatic rings. The number of rotatable bonds is 4. The molecule has 1 unspecified atom stereocenters. The Balaban J connectivity index is 2.16. The maximum absolute atomic E-state index is 13.1. The molecule has 1 aromatic heterocycles. The molecule has 90 valence electrons. The Kier molecular flexibility index (Phi) is 3.86. The predicted octanol–water partition coefficient (Wildman–Crippen LogP) is 2.21. The van der Waals surface area contributed by atoms with Crippen molar-refractivity contribution in [1.82, 2.24) is 20.5 Å². The largest absolute Gasteiger partial charge is 0.310 e. The zero-order valence-corrected chi connectivity index (χ0v) is 10.8. The molecule has 0 aliphatic rings. The van der Waals surface area contributed by atoms with Gasteiger partial charge < -0.3 is 5.32 Å². The van der Waals surface area contributed by atoms with E-state index in [1.807, 2.05) is 7.05 Å². The van der Waals surface area contributed by atoms with Crippen molar-refractivity contribution in [2.24, 2.45) is 0 Å². The highest BCUT2D eigenvalue weighted by Crippen LogP contribution is 2.20. The fourth-order valence-corrected chi connectivity index (χ4v) is 2.05. The Morgan fingerprint density at radius 3 is 2.94 bits per heavy atom. The second-order valence-corrected chi connectivity index (χ2v) is 4.52. The standard InChI is InChI=1S/C11H12BrFN4/c1-14-10(11-15-6-16-17-11)5-7-2-3-9(13)8(12)4-7/h2-4,6,10,14H,5H2,1H3,(H,15,16,17). The van der Waals surface area contributed by atoms with Crippen LogP contribution >= 0.6 is 15.9 Å². The molecular formula is C11H12BrFN4. The van der Waals surface area contributed by atoms with Gasteiger partial charge in [-0.2, -0.15) is 5.10 Å². The minimum absolute atomic E-state index is 0.0369. The average molecular weight is 299 g/mol. The summed E-state index contributed by atoms with van der Waals surface area (Å²) in [6.07, 6.45) is 2.19. The van der Waals surface area contributed by atoms with Gasteiger partial charge in [0.2, 0.25) is 0 Å². The quantitative estimate of drug-likeness (QED) is 0.910. The van der Waals surface area contributed by atoms with Crippen molar-refractivity contribution in [1.29, 1.82) is 0 Å². The smallest absolute Gasteiger partial charge is 0.141 e. The Labute approximate surface area is 107 Å². The fraction of sp³-hybridized carbons (Fsp3) is 0.273. The first-order valence-corrected chi connectivity index (χ1v) is 5.96. The molecule has 0 spiro atoms. The van der Waals surface area contributed by atoms with E-state index in [4.69, 9.17) is 0 Å². The van der Waals surface area contributed by atoms with Gasteiger partial charge in [0, 0.05) is 0 Å². The van der Waals surface area contributed by atoms with Crippen molar-refractivity contribution in [3.05, 3.63) is 46.2 Å². The van der Waals surface area contributed by atoms with Crippen LogP contribution in [0.25, 0.3) is 0 Å². The van der Waals surface area contributed by atoms with Crippen LogP contribution in [-0.4, -0.2) is 22.2 Å². The van der Waals surface area contributed by atoms with Crippen molar-refractivity contribution < 1.29 is 4.39 Å². The normalized spacial score (nSPS) is 12.6. The molecular weight excluding hydrogens is 287 g/mol. The van der Waals surface area contributed by atoms with Crippen molar-refractivity contribution in [2.45, 2.75) is 12.5 Å². The minimum atomic E-state index is -0.255. The van der Waals surface area contributed by atoms with Crippen LogP contribution in [0.15, 0.2) is 29.0 Å². The second kappa shape index (κ2) is 5.37. The van der Waals surface area contributed by atoms with Gasteiger partial charge in [-0.05, 0) is 47.1 Å². The number of likely N-dealkylation sites (N-methyl/N-ethyl adjacent to an activating group) is 1. The number of aromatic nitrogens is 3. The zero-order valence-electron chi connectivity index (χ0n) is 9.24. The number of hydrogen-bond donors (Lipinski definition) is 2. The minimum Gasteiger partial charge on any atom is -0.310 e. The van der Waals surface area contributed by atoms with Crippen molar-refractivity contribution in [2.75, 3.05) is 7.05 Å². The maximum atomic E-state index is 13.1. The molecule has 2 rings (SSSR count). The summed E-state index contributed by atoms with van der Waals surface area (Å²) < 4.78 is 13.6. The summed E-state index contributed by atoms with van der Waals surface area (Å²) in [5.41, 5.74) is 1.02. The number of nitrogens with zero attached hydrogens (tertiary/aromatic N) is 2. The van der Waals surface area contributed by atoms with E-state index in [0.29, 0.717) is 10.9 Å². The van der Waals surface area contributed by atoms with E-state index in [1.54, 1.807) is 12.1 Å². The van der Waals surface area contributed by atoms with Crippen LogP contribution in [0.1, 0.15) is 17.4 Å². The molecule has 0 amide bonds. The zero-order chi connectivity index (χ0) is 12.3. The van der Waals surface area contributed by atoms with Crippen LogP contribution in [0.2, 0.25) is 0 Å². The first-order chi connectivity index (χ1) is 8.20. The number of nitrogens with one attached hydrogen (secondary N) is 2. The monoisotopic (exact) mass is 298 g/mol. The molecule has 0 saturated carbocycles. The van der Waals surface area contributed by atoms with Gasteiger partial charge >= 0.3 is 0 Å². The van der Waals surface area contributed by atoms with Gasteiger partial charge in [0.25, 0.3) is 0 Å². The van der Waals surface area contributed by atoms with E-state index in [2.05, 4.69) is 36.4 Å². The molecule has 4 nitrogen and oxygen atoms in total. The highest BCUT2D eigenvalue weighted by molar-refractivity contribution is 9.10. The van der Waals surface area contributed by atoms with E-state index in [1.165, 1.54) is 12.4 Å². The lowest BCUT2D eigenvalue weighted by molar-refractivity contribution is 0.558. The van der Waals surface area contributed by atoms with Crippen molar-refractivity contribution in [3.8, 4) is 0 Å². The number of aromatic amines is 1. The topological polar surface area (TPSA) is 53.6 Å². The maximum Gasteiger partial charge on any atom is 0.141 e. The Hall–Kier alpha value is -1.27. The van der Waals surface area contributed by atoms with Crippen LogP contribution in [0.3, 0.4) is 0 Å². The van der Waals surface area contributed by atoms with Gasteiger partial charge in [-0.25, -0.2) is 9.37 Å². The van der Waals surface area contributed by atoms with Crippen LogP contribution in [-0.2, 0) is 6.42 Å². The first kappa shape index (κ1) is 12.2. The predicted molar refractivity (Wildman–Crippen MR) is 66.0 cm³/mol. The third kappa shape index (κ3) is 2.89. The molecule has 0 bridgehead atoms. The van der Waals surface area contributed by atoms with Gasteiger partial charge in [0.15, 0.2) is 0 Å². The van der Waals surface area contributed by atoms with Crippen molar-refractivity contribution >= 4 is 15.9 Å². The second-order valence-electron chi connectivity index (χ2n) is 3.66. The Morgan fingerprint density at radius 2 is 2.35 bits per heavy atom. The van der Waals surface area contributed by atoms with E-state index in [0.717, 1.165) is 11.4 Å². The van der Waals surface area contributed by atoms with Gasteiger partial charge in [-0.3, -0.25) is 5.10 Å². The third-order valence-corrected chi connectivity index (χ3v) is 3.14. The highest BCUT2D eigenvalue weighted by Gasteiger charge is 2.13. The Bertz CT molecular complexity index is 486. The summed E-state index contributed by atoms with van der Waals surface area (Å²) in [7, 11) is 1.85. The van der Waals surface area contributed by atoms with E-state index >= 15 is 0 Å². The molecule has 1 atom stereocenters. The summed E-state index contributed by atoms with van der Waals surface area (Å²) in [6, 6.07) is 5.03. The molecule has 17 heavy (non-hydrogen) atoms. The molecule has 1 aromatic carbocycles. The molecule has 0 fully saturated rings. The number of hydrogen-bond acceptors (Lipinski definition) is 3. The number of benzene rings is 1. The Morgan fingerprint density at radius 1 is 1.53 bits per heavy atom. The molecule has 0 aliphatic heterocycles. The van der Waals surface area contributed by atoms with Gasteiger partial charge in [0.1, 0.15) is 18.0 Å². The summed E-state index contributed by atoms with van der Waals surface area (Å²) in [5, 5.41) is 9.79. The lowest BCUT2D eigenvalue weighted by Crippen LogP contribution is -2.20. The van der Waals surface area contributed by atoms with Crippen LogP contribution in [0.5, 0.6) is 0 Å². The number of halogens is 2. The average Bonchev–Trinajstić information content (AvgIpc) is 2.84. The summed E-state index contributed by atoms with van der Waals surface area (Å²) in [6.45, 7) is 0. The third-order valence-electron chi connectivity index (χ3n) is 2.54. The van der Waals surface area contributed by atoms with E-state index < -0.39 is 0 Å². The van der Waals surface area contributed by atoms with Crippen LogP contribution in [0.4, 0.5) is 4.39 Å². The van der Waals surface area contributed by atoms with Crippen LogP contribution in [0, 0.1) is 5.82 Å². The molecule has 1 heterocycles. The fourth-order valence-electron chi connectivity index (χ4n) is 1.62. The first-order valence-electron chi connectivity index (χ1n) is 5.17. The van der Waals surface area contributed by atoms with E-state index in [9.17, 15) is 4.39 Å². The lowest BCUT2D eigenvalue weighted by atomic mass is 10.1. The van der Waals surface area contributed by atoms with E-state index in [-0.39, 0.29) is 11.9 Å². The van der Waals surface area contributed by atoms with Gasteiger partial charge in [-0.1, -0.05) is 6.07 Å². The highest BCUT2D eigenvalue weighted by atomic mass is 79.9. The molecule has 0 aliphatic carbocycles. The molecule has 2 N–H and O–H groups in total. The SMILES string of the molecule is CNC(Cc1ccc(F)c(Br)c1)c1ncn[nH]1. The molecule has 6 heteroatoms. The van der Waals surface area contributed by atoms with Crippen molar-refractivity contribution in [3.63, 3.8) is 0 Å². The summed E-state index contributed by atoms with van der Waals surface area (Å²) in [4.78, 5) is 4.11. The van der Waals surface area contributed by atoms with Gasteiger partial charge in [-0.15, -0.1) is 0 Å². The lowest BCUT2D eigenvalue weighted by Gasteiger charge is -2.13.